The standard InChI is InChI=1S/C22H28F2N2O3/c1-2-16-3-5-18(6-4-16)22(28,19-7-10-21(23,24)13-19)20(27)29-14-17-8-11-26(15-25)12-9-17/h2-6,15,17,19,25,28H,1,7-14H2/t19-,22+/m1/s1. The molecule has 5 nitrogen and oxygen atoms in total. The van der Waals surface area contributed by atoms with Crippen molar-refractivity contribution in [3.05, 3.63) is 42.0 Å². The Morgan fingerprint density at radius 2 is 1.97 bits per heavy atom. The van der Waals surface area contributed by atoms with E-state index in [1.807, 2.05) is 4.90 Å². The van der Waals surface area contributed by atoms with Crippen LogP contribution in [0.1, 0.15) is 43.2 Å². The van der Waals surface area contributed by atoms with E-state index >= 15 is 0 Å². The van der Waals surface area contributed by atoms with Gasteiger partial charge >= 0.3 is 5.97 Å². The molecule has 1 aromatic rings. The van der Waals surface area contributed by atoms with E-state index in [4.69, 9.17) is 10.1 Å². The number of carbonyl (C=O) groups excluding carboxylic acids is 1. The maximum atomic E-state index is 13.9. The van der Waals surface area contributed by atoms with Crippen LogP contribution in [0.4, 0.5) is 8.78 Å². The summed E-state index contributed by atoms with van der Waals surface area (Å²) in [5, 5.41) is 18.7. The van der Waals surface area contributed by atoms with E-state index in [0.717, 1.165) is 18.4 Å². The number of aliphatic hydroxyl groups is 1. The number of esters is 1. The van der Waals surface area contributed by atoms with Gasteiger partial charge in [-0.1, -0.05) is 36.9 Å². The van der Waals surface area contributed by atoms with Gasteiger partial charge in [0.05, 0.1) is 12.9 Å². The van der Waals surface area contributed by atoms with Crippen molar-refractivity contribution in [1.82, 2.24) is 4.90 Å². The Bertz CT molecular complexity index is 745. The van der Waals surface area contributed by atoms with Crippen molar-refractivity contribution in [3.8, 4) is 0 Å². The minimum atomic E-state index is -2.89. The third-order valence-corrected chi connectivity index (χ3v) is 6.17. The number of nitrogens with one attached hydrogen (secondary N) is 1. The van der Waals surface area contributed by atoms with E-state index in [0.29, 0.717) is 13.1 Å². The molecule has 0 bridgehead atoms. The summed E-state index contributed by atoms with van der Waals surface area (Å²) < 4.78 is 33.2. The molecule has 1 aromatic carbocycles. The number of alkyl halides is 2. The average molecular weight is 406 g/mol. The maximum absolute atomic E-state index is 13.9. The summed E-state index contributed by atoms with van der Waals surface area (Å²) in [6.07, 6.45) is 3.64. The topological polar surface area (TPSA) is 73.6 Å². The van der Waals surface area contributed by atoms with Crippen LogP contribution in [0.15, 0.2) is 30.8 Å². The number of carbonyl (C=O) groups is 1. The molecule has 2 atom stereocenters. The predicted octanol–water partition coefficient (Wildman–Crippen LogP) is 3.81. The SMILES string of the molecule is C=Cc1ccc([C@@](O)(C(=O)OCC2CCN(C=N)CC2)[C@@H]2CCC(F)(F)C2)cc1. The molecule has 0 radical (unpaired) electrons. The minimum Gasteiger partial charge on any atom is -0.463 e. The lowest BCUT2D eigenvalue weighted by atomic mass is 9.79. The Labute approximate surface area is 169 Å². The normalized spacial score (nSPS) is 24.0. The third kappa shape index (κ3) is 4.66. The van der Waals surface area contributed by atoms with Crippen LogP contribution in [-0.2, 0) is 15.1 Å². The molecule has 3 rings (SSSR count). The fraction of sp³-hybridized carbons (Fsp3) is 0.545. The molecule has 2 fully saturated rings. The predicted molar refractivity (Wildman–Crippen MR) is 107 cm³/mol. The lowest BCUT2D eigenvalue weighted by Gasteiger charge is -2.34. The van der Waals surface area contributed by atoms with Crippen LogP contribution in [0.5, 0.6) is 0 Å². The first-order valence-electron chi connectivity index (χ1n) is 10.0. The lowest BCUT2D eigenvalue weighted by molar-refractivity contribution is -0.176. The molecule has 1 heterocycles. The summed E-state index contributed by atoms with van der Waals surface area (Å²) in [5.41, 5.74) is -1.02. The zero-order chi connectivity index (χ0) is 21.1. The molecule has 158 valence electrons. The number of likely N-dealkylation sites (tertiary alicyclic amines) is 1. The van der Waals surface area contributed by atoms with Crippen LogP contribution in [-0.4, -0.2) is 47.9 Å². The zero-order valence-electron chi connectivity index (χ0n) is 16.4. The van der Waals surface area contributed by atoms with Gasteiger partial charge < -0.3 is 14.7 Å². The van der Waals surface area contributed by atoms with Gasteiger partial charge in [0.1, 0.15) is 0 Å². The molecule has 1 saturated carbocycles. The van der Waals surface area contributed by atoms with Crippen molar-refractivity contribution in [2.75, 3.05) is 19.7 Å². The molecule has 2 N–H and O–H groups in total. The quantitative estimate of drug-likeness (QED) is 0.410. The highest BCUT2D eigenvalue weighted by Gasteiger charge is 2.54. The number of ether oxygens (including phenoxy) is 1. The highest BCUT2D eigenvalue weighted by molar-refractivity contribution is 5.82. The zero-order valence-corrected chi connectivity index (χ0v) is 16.4. The van der Waals surface area contributed by atoms with Gasteiger partial charge in [-0.25, -0.2) is 13.6 Å². The van der Waals surface area contributed by atoms with Crippen molar-refractivity contribution < 1.29 is 23.4 Å². The summed E-state index contributed by atoms with van der Waals surface area (Å²) in [4.78, 5) is 14.9. The lowest BCUT2D eigenvalue weighted by Crippen LogP contribution is -2.45. The molecule has 1 saturated heterocycles. The second-order valence-electron chi connectivity index (χ2n) is 8.10. The Hall–Kier alpha value is -2.28. The van der Waals surface area contributed by atoms with Crippen LogP contribution < -0.4 is 0 Å². The first kappa shape index (κ1) is 21.4. The Morgan fingerprint density at radius 3 is 2.48 bits per heavy atom. The van der Waals surface area contributed by atoms with Crippen molar-refractivity contribution in [3.63, 3.8) is 0 Å². The van der Waals surface area contributed by atoms with E-state index in [1.54, 1.807) is 30.3 Å². The summed E-state index contributed by atoms with van der Waals surface area (Å²) in [6, 6.07) is 6.55. The molecular weight excluding hydrogens is 378 g/mol. The van der Waals surface area contributed by atoms with Gasteiger partial charge in [0.2, 0.25) is 5.92 Å². The van der Waals surface area contributed by atoms with E-state index in [-0.39, 0.29) is 30.9 Å². The average Bonchev–Trinajstić information content (AvgIpc) is 3.11. The first-order valence-corrected chi connectivity index (χ1v) is 10.0. The fourth-order valence-electron chi connectivity index (χ4n) is 4.25. The number of hydrogen-bond donors (Lipinski definition) is 2. The molecule has 0 spiro atoms. The highest BCUT2D eigenvalue weighted by atomic mass is 19.3. The molecule has 1 aliphatic carbocycles. The molecular formula is C22H28F2N2O3. The van der Waals surface area contributed by atoms with Crippen molar-refractivity contribution >= 4 is 18.4 Å². The Balaban J connectivity index is 1.76. The van der Waals surface area contributed by atoms with Gasteiger partial charge in [-0.3, -0.25) is 5.41 Å². The van der Waals surface area contributed by atoms with Crippen LogP contribution >= 0.6 is 0 Å². The second kappa shape index (κ2) is 8.61. The van der Waals surface area contributed by atoms with E-state index in [1.165, 1.54) is 6.34 Å². The monoisotopic (exact) mass is 406 g/mol. The van der Waals surface area contributed by atoms with Gasteiger partial charge in [0.25, 0.3) is 0 Å². The van der Waals surface area contributed by atoms with Crippen molar-refractivity contribution in [2.45, 2.75) is 43.6 Å². The minimum absolute atomic E-state index is 0.0551. The van der Waals surface area contributed by atoms with Crippen LogP contribution in [0.2, 0.25) is 0 Å². The van der Waals surface area contributed by atoms with E-state index < -0.39 is 29.8 Å². The first-order chi connectivity index (χ1) is 13.8. The van der Waals surface area contributed by atoms with E-state index in [9.17, 15) is 18.7 Å². The maximum Gasteiger partial charge on any atom is 0.343 e. The van der Waals surface area contributed by atoms with Gasteiger partial charge in [-0.05, 0) is 36.3 Å². The van der Waals surface area contributed by atoms with Gasteiger partial charge in [0.15, 0.2) is 5.60 Å². The van der Waals surface area contributed by atoms with Crippen molar-refractivity contribution in [2.24, 2.45) is 11.8 Å². The summed E-state index contributed by atoms with van der Waals surface area (Å²) >= 11 is 0. The number of nitrogens with zero attached hydrogens (tertiary/aromatic N) is 1. The molecule has 29 heavy (non-hydrogen) atoms. The van der Waals surface area contributed by atoms with Crippen LogP contribution in [0.25, 0.3) is 6.08 Å². The highest BCUT2D eigenvalue weighted by Crippen LogP contribution is 2.48. The molecule has 0 aromatic heterocycles. The van der Waals surface area contributed by atoms with Crippen molar-refractivity contribution in [1.29, 1.82) is 5.41 Å². The molecule has 2 aliphatic rings. The third-order valence-electron chi connectivity index (χ3n) is 6.17. The number of benzene rings is 1. The summed E-state index contributed by atoms with van der Waals surface area (Å²) in [6.45, 7) is 5.25. The van der Waals surface area contributed by atoms with Gasteiger partial charge in [-0.2, -0.15) is 0 Å². The van der Waals surface area contributed by atoms with E-state index in [2.05, 4.69) is 6.58 Å². The second-order valence-corrected chi connectivity index (χ2v) is 8.10. The molecule has 0 amide bonds. The number of halogens is 2. The Morgan fingerprint density at radius 1 is 1.31 bits per heavy atom. The van der Waals surface area contributed by atoms with Gasteiger partial charge in [-0.15, -0.1) is 0 Å². The van der Waals surface area contributed by atoms with Crippen LogP contribution in [0, 0.1) is 17.2 Å². The van der Waals surface area contributed by atoms with Crippen LogP contribution in [0.3, 0.4) is 0 Å². The molecule has 0 unspecified atom stereocenters. The summed E-state index contributed by atoms with van der Waals surface area (Å²) in [7, 11) is 0. The largest absolute Gasteiger partial charge is 0.463 e. The fourth-order valence-corrected chi connectivity index (χ4v) is 4.25. The van der Waals surface area contributed by atoms with Gasteiger partial charge in [0, 0.05) is 31.8 Å². The molecule has 7 heteroatoms. The summed E-state index contributed by atoms with van der Waals surface area (Å²) in [5.74, 6) is -4.52. The number of piperidine rings is 1. The number of hydrogen-bond acceptors (Lipinski definition) is 4. The number of rotatable bonds is 7. The smallest absolute Gasteiger partial charge is 0.343 e. The molecule has 1 aliphatic heterocycles. The Kier molecular flexibility index (Phi) is 6.36.